The average molecular weight is 268 g/mol. The zero-order valence-corrected chi connectivity index (χ0v) is 11.2. The second-order valence-corrected chi connectivity index (χ2v) is 4.76. The molecule has 2 aromatic carbocycles. The van der Waals surface area contributed by atoms with Crippen LogP contribution >= 0.6 is 0 Å². The molecule has 0 spiro atoms. The summed E-state index contributed by atoms with van der Waals surface area (Å²) in [5.41, 5.74) is 1.84. The van der Waals surface area contributed by atoms with Crippen LogP contribution in [-0.4, -0.2) is 12.2 Å². The van der Waals surface area contributed by atoms with Crippen molar-refractivity contribution in [2.45, 2.75) is 12.5 Å². The van der Waals surface area contributed by atoms with E-state index in [9.17, 15) is 5.11 Å². The molecule has 0 radical (unpaired) electrons. The van der Waals surface area contributed by atoms with Gasteiger partial charge >= 0.3 is 0 Å². The molecule has 3 aromatic rings. The maximum Gasteiger partial charge on any atom is 0.134 e. The molecular formula is C17H16O3. The Bertz CT molecular complexity index is 701. The van der Waals surface area contributed by atoms with Gasteiger partial charge in [-0.15, -0.1) is 0 Å². The van der Waals surface area contributed by atoms with Crippen molar-refractivity contribution in [3.8, 4) is 5.75 Å². The van der Waals surface area contributed by atoms with E-state index in [-0.39, 0.29) is 0 Å². The monoisotopic (exact) mass is 268 g/mol. The molecule has 0 unspecified atom stereocenters. The summed E-state index contributed by atoms with van der Waals surface area (Å²) < 4.78 is 10.9. The standard InChI is InChI=1S/C17H16O3/c1-19-14-7-8-16-13(10-14)11-17(20-16)15(18)9-12-5-3-2-4-6-12/h2-8,10-11,15,18H,9H2,1H3/t15-/m1/s1. The van der Waals surface area contributed by atoms with Gasteiger partial charge in [-0.1, -0.05) is 30.3 Å². The van der Waals surface area contributed by atoms with Gasteiger partial charge in [-0.3, -0.25) is 0 Å². The Labute approximate surface area is 117 Å². The van der Waals surface area contributed by atoms with Gasteiger partial charge in [-0.2, -0.15) is 0 Å². The summed E-state index contributed by atoms with van der Waals surface area (Å²) in [4.78, 5) is 0. The second-order valence-electron chi connectivity index (χ2n) is 4.76. The summed E-state index contributed by atoms with van der Waals surface area (Å²) in [6.45, 7) is 0. The zero-order chi connectivity index (χ0) is 13.9. The van der Waals surface area contributed by atoms with Crippen molar-refractivity contribution in [3.63, 3.8) is 0 Å². The van der Waals surface area contributed by atoms with Crippen molar-refractivity contribution in [2.24, 2.45) is 0 Å². The molecule has 1 atom stereocenters. The molecule has 0 bridgehead atoms. The van der Waals surface area contributed by atoms with Crippen molar-refractivity contribution in [1.82, 2.24) is 0 Å². The largest absolute Gasteiger partial charge is 0.497 e. The number of ether oxygens (including phenoxy) is 1. The molecule has 0 fully saturated rings. The highest BCUT2D eigenvalue weighted by Gasteiger charge is 2.14. The van der Waals surface area contributed by atoms with Crippen LogP contribution in [0.25, 0.3) is 11.0 Å². The Hall–Kier alpha value is -2.26. The minimum Gasteiger partial charge on any atom is -0.497 e. The van der Waals surface area contributed by atoms with E-state index in [1.807, 2.05) is 54.6 Å². The number of benzene rings is 2. The van der Waals surface area contributed by atoms with Crippen LogP contribution in [0.4, 0.5) is 0 Å². The number of rotatable bonds is 4. The lowest BCUT2D eigenvalue weighted by molar-refractivity contribution is 0.152. The molecule has 0 saturated carbocycles. The van der Waals surface area contributed by atoms with Gasteiger partial charge in [0.15, 0.2) is 0 Å². The minimum atomic E-state index is -0.643. The zero-order valence-electron chi connectivity index (χ0n) is 11.2. The predicted octanol–water partition coefficient (Wildman–Crippen LogP) is 3.72. The Morgan fingerprint density at radius 2 is 1.90 bits per heavy atom. The summed E-state index contributed by atoms with van der Waals surface area (Å²) >= 11 is 0. The van der Waals surface area contributed by atoms with Crippen molar-refractivity contribution >= 4 is 11.0 Å². The fourth-order valence-corrected chi connectivity index (χ4v) is 2.27. The van der Waals surface area contributed by atoms with Gasteiger partial charge in [0.25, 0.3) is 0 Å². The van der Waals surface area contributed by atoms with Crippen LogP contribution in [0.15, 0.2) is 59.0 Å². The van der Waals surface area contributed by atoms with Gasteiger partial charge in [0, 0.05) is 11.8 Å². The quantitative estimate of drug-likeness (QED) is 0.784. The van der Waals surface area contributed by atoms with E-state index in [1.54, 1.807) is 7.11 Å². The lowest BCUT2D eigenvalue weighted by atomic mass is 10.1. The van der Waals surface area contributed by atoms with Crippen LogP contribution in [0.1, 0.15) is 17.4 Å². The highest BCUT2D eigenvalue weighted by Crippen LogP contribution is 2.28. The van der Waals surface area contributed by atoms with Crippen molar-refractivity contribution in [1.29, 1.82) is 0 Å². The van der Waals surface area contributed by atoms with Crippen LogP contribution in [0.3, 0.4) is 0 Å². The first-order valence-corrected chi connectivity index (χ1v) is 6.56. The highest BCUT2D eigenvalue weighted by molar-refractivity contribution is 5.79. The highest BCUT2D eigenvalue weighted by atomic mass is 16.5. The fourth-order valence-electron chi connectivity index (χ4n) is 2.27. The number of methoxy groups -OCH3 is 1. The molecule has 0 aliphatic rings. The van der Waals surface area contributed by atoms with Gasteiger partial charge < -0.3 is 14.3 Å². The number of aliphatic hydroxyl groups excluding tert-OH is 1. The van der Waals surface area contributed by atoms with Gasteiger partial charge in [0.2, 0.25) is 0 Å². The average Bonchev–Trinajstić information content (AvgIpc) is 2.91. The summed E-state index contributed by atoms with van der Waals surface area (Å²) in [6, 6.07) is 17.3. The first kappa shape index (κ1) is 12.8. The predicted molar refractivity (Wildman–Crippen MR) is 77.9 cm³/mol. The molecule has 0 amide bonds. The Kier molecular flexibility index (Phi) is 3.44. The van der Waals surface area contributed by atoms with Gasteiger partial charge in [0.05, 0.1) is 7.11 Å². The summed E-state index contributed by atoms with van der Waals surface area (Å²) in [7, 11) is 1.63. The van der Waals surface area contributed by atoms with E-state index < -0.39 is 6.10 Å². The van der Waals surface area contributed by atoms with E-state index in [0.717, 1.165) is 22.3 Å². The maximum absolute atomic E-state index is 10.3. The number of furan rings is 1. The summed E-state index contributed by atoms with van der Waals surface area (Å²) in [6.07, 6.45) is -0.103. The van der Waals surface area contributed by atoms with Crippen LogP contribution in [0, 0.1) is 0 Å². The Balaban J connectivity index is 1.86. The van der Waals surface area contributed by atoms with Crippen molar-refractivity contribution in [2.75, 3.05) is 7.11 Å². The van der Waals surface area contributed by atoms with Gasteiger partial charge in [-0.25, -0.2) is 0 Å². The van der Waals surface area contributed by atoms with E-state index in [4.69, 9.17) is 9.15 Å². The molecule has 3 nitrogen and oxygen atoms in total. The van der Waals surface area contributed by atoms with Crippen molar-refractivity contribution in [3.05, 3.63) is 65.9 Å². The van der Waals surface area contributed by atoms with Crippen LogP contribution in [0.5, 0.6) is 5.75 Å². The third kappa shape index (κ3) is 2.53. The molecular weight excluding hydrogens is 252 g/mol. The molecule has 0 aliphatic heterocycles. The van der Waals surface area contributed by atoms with E-state index >= 15 is 0 Å². The number of fused-ring (bicyclic) bond motifs is 1. The fraction of sp³-hybridized carbons (Fsp3) is 0.176. The maximum atomic E-state index is 10.3. The topological polar surface area (TPSA) is 42.6 Å². The van der Waals surface area contributed by atoms with Crippen LogP contribution < -0.4 is 4.74 Å². The third-order valence-corrected chi connectivity index (χ3v) is 3.34. The first-order valence-electron chi connectivity index (χ1n) is 6.56. The first-order chi connectivity index (χ1) is 9.76. The van der Waals surface area contributed by atoms with E-state index in [0.29, 0.717) is 12.2 Å². The minimum absolute atomic E-state index is 0.539. The van der Waals surface area contributed by atoms with Gasteiger partial charge in [0.1, 0.15) is 23.2 Å². The van der Waals surface area contributed by atoms with Crippen LogP contribution in [0.2, 0.25) is 0 Å². The molecule has 20 heavy (non-hydrogen) atoms. The Morgan fingerprint density at radius 3 is 2.65 bits per heavy atom. The number of hydrogen-bond donors (Lipinski definition) is 1. The molecule has 3 rings (SSSR count). The SMILES string of the molecule is COc1ccc2oc([C@H](O)Cc3ccccc3)cc2c1. The normalized spacial score (nSPS) is 12.5. The van der Waals surface area contributed by atoms with E-state index in [1.165, 1.54) is 0 Å². The smallest absolute Gasteiger partial charge is 0.134 e. The molecule has 1 aromatic heterocycles. The number of hydrogen-bond acceptors (Lipinski definition) is 3. The molecule has 1 N–H and O–H groups in total. The molecule has 102 valence electrons. The van der Waals surface area contributed by atoms with Crippen LogP contribution in [-0.2, 0) is 6.42 Å². The lowest BCUT2D eigenvalue weighted by Crippen LogP contribution is -1.99. The number of aliphatic hydroxyl groups is 1. The van der Waals surface area contributed by atoms with Gasteiger partial charge in [-0.05, 0) is 29.8 Å². The molecule has 3 heteroatoms. The molecule has 1 heterocycles. The van der Waals surface area contributed by atoms with E-state index in [2.05, 4.69) is 0 Å². The summed E-state index contributed by atoms with van der Waals surface area (Å²) in [5, 5.41) is 11.2. The summed E-state index contributed by atoms with van der Waals surface area (Å²) in [5.74, 6) is 1.36. The second kappa shape index (κ2) is 5.39. The Morgan fingerprint density at radius 1 is 1.10 bits per heavy atom. The lowest BCUT2D eigenvalue weighted by Gasteiger charge is -2.07. The molecule has 0 aliphatic carbocycles. The molecule has 0 saturated heterocycles. The third-order valence-electron chi connectivity index (χ3n) is 3.34. The van der Waals surface area contributed by atoms with Crippen molar-refractivity contribution < 1.29 is 14.3 Å².